The zero-order chi connectivity index (χ0) is 21.8. The summed E-state index contributed by atoms with van der Waals surface area (Å²) in [5.74, 6) is -0.897. The molecule has 0 spiro atoms. The summed E-state index contributed by atoms with van der Waals surface area (Å²) in [6, 6.07) is 16.8. The molecule has 2 amide bonds. The average Bonchev–Trinajstić information content (AvgIpc) is 3.48. The molecule has 0 radical (unpaired) electrons. The largest absolute Gasteiger partial charge is 0.378 e. The van der Waals surface area contributed by atoms with E-state index in [0.717, 1.165) is 16.9 Å². The van der Waals surface area contributed by atoms with Gasteiger partial charge in [-0.3, -0.25) is 20.4 Å². The van der Waals surface area contributed by atoms with Gasteiger partial charge < -0.3 is 4.90 Å². The third-order valence-electron chi connectivity index (χ3n) is 4.50. The molecule has 8 nitrogen and oxygen atoms in total. The van der Waals surface area contributed by atoms with E-state index in [1.54, 1.807) is 34.5 Å². The van der Waals surface area contributed by atoms with Gasteiger partial charge in [-0.2, -0.15) is 5.10 Å². The fraction of sp³-hybridized carbons (Fsp3) is 0.0909. The van der Waals surface area contributed by atoms with Gasteiger partial charge in [-0.25, -0.2) is 9.67 Å². The van der Waals surface area contributed by atoms with Crippen molar-refractivity contribution in [2.24, 2.45) is 0 Å². The van der Waals surface area contributed by atoms with Crippen LogP contribution in [0.2, 0.25) is 0 Å². The first-order valence-electron chi connectivity index (χ1n) is 9.45. The van der Waals surface area contributed by atoms with E-state index in [1.807, 2.05) is 61.6 Å². The Balaban J connectivity index is 1.40. The van der Waals surface area contributed by atoms with Crippen molar-refractivity contribution in [2.45, 2.75) is 0 Å². The number of aromatic nitrogens is 3. The van der Waals surface area contributed by atoms with Crippen LogP contribution in [0.4, 0.5) is 5.69 Å². The number of nitrogens with zero attached hydrogens (tertiary/aromatic N) is 4. The van der Waals surface area contributed by atoms with Crippen molar-refractivity contribution in [3.63, 3.8) is 0 Å². The summed E-state index contributed by atoms with van der Waals surface area (Å²) in [6.07, 6.45) is 3.56. The maximum absolute atomic E-state index is 12.4. The number of amides is 2. The summed E-state index contributed by atoms with van der Waals surface area (Å²) in [5, 5.41) is 6.66. The quantitative estimate of drug-likeness (QED) is 0.473. The van der Waals surface area contributed by atoms with Crippen LogP contribution < -0.4 is 15.8 Å². The van der Waals surface area contributed by atoms with Crippen LogP contribution >= 0.6 is 11.3 Å². The highest BCUT2D eigenvalue weighted by Crippen LogP contribution is 2.24. The van der Waals surface area contributed by atoms with Gasteiger partial charge in [0.15, 0.2) is 0 Å². The number of hydrogen-bond acceptors (Lipinski definition) is 6. The van der Waals surface area contributed by atoms with E-state index < -0.39 is 11.8 Å². The second kappa shape index (κ2) is 8.80. The van der Waals surface area contributed by atoms with E-state index in [9.17, 15) is 9.59 Å². The average molecular weight is 433 g/mol. The van der Waals surface area contributed by atoms with Crippen molar-refractivity contribution < 1.29 is 9.59 Å². The van der Waals surface area contributed by atoms with Crippen molar-refractivity contribution in [1.82, 2.24) is 25.6 Å². The Morgan fingerprint density at radius 2 is 1.77 bits per heavy atom. The summed E-state index contributed by atoms with van der Waals surface area (Å²) in [6.45, 7) is 0. The normalized spacial score (nSPS) is 10.5. The Hall–Kier alpha value is -3.98. The van der Waals surface area contributed by atoms with Crippen LogP contribution in [-0.4, -0.2) is 40.7 Å². The molecule has 31 heavy (non-hydrogen) atoms. The molecule has 2 aromatic heterocycles. The molecular formula is C22H20N6O2S. The molecule has 0 bridgehead atoms. The molecule has 0 aliphatic carbocycles. The summed E-state index contributed by atoms with van der Waals surface area (Å²) in [5.41, 5.74) is 8.13. The standard InChI is InChI=1S/C22H20N6O2S/c1-27(2)18-10-6-7-15(11-18)20(29)25-26-21(30)19-14-31-22(24-19)16-12-23-28(13-16)17-8-4-3-5-9-17/h3-14H,1-2H3,(H,25,29)(H,26,30). The van der Waals surface area contributed by atoms with E-state index in [-0.39, 0.29) is 5.69 Å². The van der Waals surface area contributed by atoms with Crippen LogP contribution in [0, 0.1) is 0 Å². The number of rotatable bonds is 5. The summed E-state index contributed by atoms with van der Waals surface area (Å²) in [4.78, 5) is 31.0. The third-order valence-corrected chi connectivity index (χ3v) is 5.39. The van der Waals surface area contributed by atoms with Gasteiger partial charge in [0.2, 0.25) is 0 Å². The van der Waals surface area contributed by atoms with Crippen LogP contribution in [0.3, 0.4) is 0 Å². The summed E-state index contributed by atoms with van der Waals surface area (Å²) < 4.78 is 1.75. The molecule has 0 saturated carbocycles. The molecule has 0 saturated heterocycles. The van der Waals surface area contributed by atoms with Gasteiger partial charge in [-0.1, -0.05) is 24.3 Å². The lowest BCUT2D eigenvalue weighted by Crippen LogP contribution is -2.41. The Bertz CT molecular complexity index is 1220. The number of para-hydroxylation sites is 1. The minimum absolute atomic E-state index is 0.217. The van der Waals surface area contributed by atoms with E-state index in [0.29, 0.717) is 10.6 Å². The molecule has 156 valence electrons. The van der Waals surface area contributed by atoms with Gasteiger partial charge in [0.25, 0.3) is 11.8 Å². The van der Waals surface area contributed by atoms with Crippen molar-refractivity contribution in [3.05, 3.63) is 83.6 Å². The van der Waals surface area contributed by atoms with Crippen LogP contribution in [0.1, 0.15) is 20.8 Å². The van der Waals surface area contributed by atoms with Gasteiger partial charge in [0.1, 0.15) is 10.7 Å². The minimum atomic E-state index is -0.491. The molecule has 0 atom stereocenters. The summed E-state index contributed by atoms with van der Waals surface area (Å²) >= 11 is 1.33. The van der Waals surface area contributed by atoms with Crippen molar-refractivity contribution in [3.8, 4) is 16.3 Å². The molecule has 2 heterocycles. The molecule has 0 aliphatic heterocycles. The topological polar surface area (TPSA) is 92.2 Å². The van der Waals surface area contributed by atoms with Gasteiger partial charge in [-0.05, 0) is 30.3 Å². The lowest BCUT2D eigenvalue weighted by atomic mass is 10.2. The van der Waals surface area contributed by atoms with Gasteiger partial charge in [0.05, 0.1) is 11.9 Å². The number of carbonyl (C=O) groups is 2. The molecule has 0 aliphatic rings. The monoisotopic (exact) mass is 432 g/mol. The number of nitrogens with one attached hydrogen (secondary N) is 2. The fourth-order valence-corrected chi connectivity index (χ4v) is 3.62. The highest BCUT2D eigenvalue weighted by atomic mass is 32.1. The molecular weight excluding hydrogens is 412 g/mol. The predicted molar refractivity (Wildman–Crippen MR) is 120 cm³/mol. The predicted octanol–water partition coefficient (Wildman–Crippen LogP) is 3.14. The number of benzene rings is 2. The molecule has 0 fully saturated rings. The highest BCUT2D eigenvalue weighted by molar-refractivity contribution is 7.13. The molecule has 2 N–H and O–H groups in total. The number of thiazole rings is 1. The first kappa shape index (κ1) is 20.3. The maximum atomic E-state index is 12.4. The Kier molecular flexibility index (Phi) is 5.76. The zero-order valence-electron chi connectivity index (χ0n) is 16.9. The highest BCUT2D eigenvalue weighted by Gasteiger charge is 2.15. The van der Waals surface area contributed by atoms with Crippen LogP contribution in [0.5, 0.6) is 0 Å². The number of hydrazine groups is 1. The van der Waals surface area contributed by atoms with E-state index in [4.69, 9.17) is 0 Å². The minimum Gasteiger partial charge on any atom is -0.378 e. The van der Waals surface area contributed by atoms with Crippen LogP contribution in [0.15, 0.2) is 72.4 Å². The Morgan fingerprint density at radius 3 is 2.55 bits per heavy atom. The second-order valence-electron chi connectivity index (χ2n) is 6.90. The van der Waals surface area contributed by atoms with E-state index in [1.165, 1.54) is 11.3 Å². The lowest BCUT2D eigenvalue weighted by Gasteiger charge is -2.13. The SMILES string of the molecule is CN(C)c1cccc(C(=O)NNC(=O)c2csc(-c3cnn(-c4ccccc4)c3)n2)c1. The van der Waals surface area contributed by atoms with Gasteiger partial charge in [-0.15, -0.1) is 11.3 Å². The second-order valence-corrected chi connectivity index (χ2v) is 7.76. The third kappa shape index (κ3) is 4.62. The number of hydrogen-bond donors (Lipinski definition) is 2. The first-order chi connectivity index (χ1) is 15.0. The van der Waals surface area contributed by atoms with Crippen molar-refractivity contribution in [1.29, 1.82) is 0 Å². The van der Waals surface area contributed by atoms with Crippen molar-refractivity contribution in [2.75, 3.05) is 19.0 Å². The van der Waals surface area contributed by atoms with Crippen LogP contribution in [0.25, 0.3) is 16.3 Å². The van der Waals surface area contributed by atoms with Crippen LogP contribution in [-0.2, 0) is 0 Å². The molecule has 2 aromatic carbocycles. The maximum Gasteiger partial charge on any atom is 0.289 e. The van der Waals surface area contributed by atoms with E-state index >= 15 is 0 Å². The Morgan fingerprint density at radius 1 is 1.00 bits per heavy atom. The van der Waals surface area contributed by atoms with Gasteiger partial charge >= 0.3 is 0 Å². The molecule has 4 rings (SSSR count). The van der Waals surface area contributed by atoms with E-state index in [2.05, 4.69) is 20.9 Å². The number of anilines is 1. The summed E-state index contributed by atoms with van der Waals surface area (Å²) in [7, 11) is 3.78. The fourth-order valence-electron chi connectivity index (χ4n) is 2.84. The zero-order valence-corrected chi connectivity index (χ0v) is 17.8. The number of carbonyl (C=O) groups excluding carboxylic acids is 2. The Labute approximate surface area is 183 Å². The van der Waals surface area contributed by atoms with Gasteiger partial charge in [0, 0.05) is 42.5 Å². The molecule has 0 unspecified atom stereocenters. The first-order valence-corrected chi connectivity index (χ1v) is 10.3. The van der Waals surface area contributed by atoms with Crippen molar-refractivity contribution >= 4 is 28.8 Å². The molecule has 9 heteroatoms. The lowest BCUT2D eigenvalue weighted by molar-refractivity contribution is 0.0844. The smallest absolute Gasteiger partial charge is 0.289 e. The molecule has 4 aromatic rings.